The van der Waals surface area contributed by atoms with Gasteiger partial charge in [0.15, 0.2) is 0 Å². The molecule has 1 unspecified atom stereocenters. The van der Waals surface area contributed by atoms with Gasteiger partial charge in [0.2, 0.25) is 5.91 Å². The molecule has 0 aliphatic carbocycles. The van der Waals surface area contributed by atoms with Crippen LogP contribution in [-0.2, 0) is 9.59 Å². The van der Waals surface area contributed by atoms with Gasteiger partial charge in [-0.05, 0) is 41.8 Å². The number of rotatable bonds is 8. The van der Waals surface area contributed by atoms with Crippen molar-refractivity contribution in [2.45, 2.75) is 19.0 Å². The lowest BCUT2D eigenvalue weighted by atomic mass is 10.0. The van der Waals surface area contributed by atoms with Crippen molar-refractivity contribution >= 4 is 29.1 Å². The molecule has 0 spiro atoms. The number of aromatic nitrogens is 1. The van der Waals surface area contributed by atoms with E-state index < -0.39 is 11.9 Å². The monoisotopic (exact) mass is 495 g/mol. The van der Waals surface area contributed by atoms with Gasteiger partial charge in [-0.15, -0.1) is 0 Å². The Morgan fingerprint density at radius 1 is 0.833 bits per heavy atom. The van der Waals surface area contributed by atoms with Crippen LogP contribution in [0.2, 0.25) is 0 Å². The minimum absolute atomic E-state index is 0.265. The van der Waals surface area contributed by atoms with E-state index in [9.17, 15) is 9.59 Å². The van der Waals surface area contributed by atoms with E-state index in [-0.39, 0.29) is 11.9 Å². The molecule has 36 heavy (non-hydrogen) atoms. The van der Waals surface area contributed by atoms with Crippen LogP contribution in [0, 0.1) is 0 Å². The molecule has 4 aromatic rings. The predicted octanol–water partition coefficient (Wildman–Crippen LogP) is 6.45. The van der Waals surface area contributed by atoms with Crippen molar-refractivity contribution in [1.82, 2.24) is 10.3 Å². The Labute approximate surface area is 216 Å². The standard InChI is InChI=1S/C30H26ClN3O2/c1-22(23-9-4-2-5-10-23)33-30(36)29(26-13-8-20-32-21-26)34(28(35)18-19-31)27-16-14-25(15-17-27)24-11-6-3-7-12-24/h2-22,29H,1H3,(H,33,36)/b19-18+/t22-,29?/m0/s1. The normalized spacial score (nSPS) is 12.6. The molecule has 4 rings (SSSR count). The Kier molecular flexibility index (Phi) is 8.27. The van der Waals surface area contributed by atoms with Crippen LogP contribution in [-0.4, -0.2) is 16.8 Å². The molecule has 6 heteroatoms. The zero-order valence-electron chi connectivity index (χ0n) is 19.8. The van der Waals surface area contributed by atoms with Gasteiger partial charge >= 0.3 is 0 Å². The lowest BCUT2D eigenvalue weighted by Gasteiger charge is -2.31. The summed E-state index contributed by atoms with van der Waals surface area (Å²) in [6.07, 6.45) is 4.47. The molecule has 1 N–H and O–H groups in total. The number of carbonyl (C=O) groups excluding carboxylic acids is 2. The van der Waals surface area contributed by atoms with Gasteiger partial charge < -0.3 is 5.32 Å². The minimum atomic E-state index is -0.965. The summed E-state index contributed by atoms with van der Waals surface area (Å²) in [5.74, 6) is -0.753. The fourth-order valence-corrected chi connectivity index (χ4v) is 4.16. The third-order valence-electron chi connectivity index (χ3n) is 5.86. The first-order chi connectivity index (χ1) is 17.6. The first-order valence-electron chi connectivity index (χ1n) is 11.6. The molecule has 0 aliphatic rings. The molecule has 3 aromatic carbocycles. The highest BCUT2D eigenvalue weighted by Crippen LogP contribution is 2.31. The Morgan fingerprint density at radius 3 is 2.06 bits per heavy atom. The Hall–Kier alpha value is -4.22. The Bertz CT molecular complexity index is 1310. The summed E-state index contributed by atoms with van der Waals surface area (Å²) in [7, 11) is 0. The van der Waals surface area contributed by atoms with E-state index in [1.807, 2.05) is 91.9 Å². The summed E-state index contributed by atoms with van der Waals surface area (Å²) in [6, 6.07) is 29.4. The average molecular weight is 496 g/mol. The van der Waals surface area contributed by atoms with Gasteiger partial charge in [-0.25, -0.2) is 0 Å². The van der Waals surface area contributed by atoms with Crippen LogP contribution in [0.25, 0.3) is 11.1 Å². The van der Waals surface area contributed by atoms with Gasteiger partial charge in [0.1, 0.15) is 6.04 Å². The van der Waals surface area contributed by atoms with Gasteiger partial charge in [0, 0.05) is 35.3 Å². The number of pyridine rings is 1. The molecule has 0 bridgehead atoms. The molecule has 1 aromatic heterocycles. The number of halogens is 1. The summed E-state index contributed by atoms with van der Waals surface area (Å²) < 4.78 is 0. The number of nitrogens with one attached hydrogen (secondary N) is 1. The molecule has 0 radical (unpaired) electrons. The number of hydrogen-bond donors (Lipinski definition) is 1. The molecular weight excluding hydrogens is 470 g/mol. The number of anilines is 1. The average Bonchev–Trinajstić information content (AvgIpc) is 2.93. The number of benzene rings is 3. The van der Waals surface area contributed by atoms with Crippen LogP contribution in [0.5, 0.6) is 0 Å². The van der Waals surface area contributed by atoms with Gasteiger partial charge in [0.25, 0.3) is 5.91 Å². The van der Waals surface area contributed by atoms with E-state index in [0.717, 1.165) is 22.2 Å². The van der Waals surface area contributed by atoms with Crippen molar-refractivity contribution in [3.63, 3.8) is 0 Å². The van der Waals surface area contributed by atoms with Crippen LogP contribution < -0.4 is 10.2 Å². The van der Waals surface area contributed by atoms with Crippen molar-refractivity contribution < 1.29 is 9.59 Å². The smallest absolute Gasteiger partial charge is 0.252 e. The van der Waals surface area contributed by atoms with Crippen LogP contribution in [0.1, 0.15) is 30.1 Å². The van der Waals surface area contributed by atoms with Crippen LogP contribution >= 0.6 is 11.6 Å². The van der Waals surface area contributed by atoms with E-state index in [0.29, 0.717) is 11.3 Å². The quantitative estimate of drug-likeness (QED) is 0.285. The van der Waals surface area contributed by atoms with Crippen molar-refractivity contribution in [3.05, 3.63) is 132 Å². The summed E-state index contributed by atoms with van der Waals surface area (Å²) in [5.41, 5.74) is 5.31. The van der Waals surface area contributed by atoms with Crippen molar-refractivity contribution in [1.29, 1.82) is 0 Å². The van der Waals surface area contributed by atoms with E-state index in [1.54, 1.807) is 24.5 Å². The molecule has 1 heterocycles. The van der Waals surface area contributed by atoms with Crippen LogP contribution in [0.3, 0.4) is 0 Å². The maximum atomic E-state index is 13.7. The van der Waals surface area contributed by atoms with Gasteiger partial charge in [-0.2, -0.15) is 0 Å². The number of amides is 2. The van der Waals surface area contributed by atoms with E-state index in [2.05, 4.69) is 10.3 Å². The van der Waals surface area contributed by atoms with Crippen molar-refractivity contribution in [2.75, 3.05) is 4.90 Å². The van der Waals surface area contributed by atoms with Gasteiger partial charge in [-0.1, -0.05) is 90.5 Å². The summed E-state index contributed by atoms with van der Waals surface area (Å²) in [5, 5.41) is 3.06. The Morgan fingerprint density at radius 2 is 1.44 bits per heavy atom. The number of carbonyl (C=O) groups is 2. The lowest BCUT2D eigenvalue weighted by molar-refractivity contribution is -0.125. The van der Waals surface area contributed by atoms with E-state index >= 15 is 0 Å². The number of hydrogen-bond acceptors (Lipinski definition) is 3. The molecular formula is C30H26ClN3O2. The van der Waals surface area contributed by atoms with Crippen molar-refractivity contribution in [3.8, 4) is 11.1 Å². The second kappa shape index (κ2) is 12.0. The van der Waals surface area contributed by atoms with Crippen LogP contribution in [0.15, 0.2) is 121 Å². The highest BCUT2D eigenvalue weighted by Gasteiger charge is 2.33. The van der Waals surface area contributed by atoms with Gasteiger partial charge in [-0.3, -0.25) is 19.5 Å². The van der Waals surface area contributed by atoms with Crippen LogP contribution in [0.4, 0.5) is 5.69 Å². The SMILES string of the molecule is C[C@H](NC(=O)C(c1cccnc1)N(C(=O)/C=C/Cl)c1ccc(-c2ccccc2)cc1)c1ccccc1. The van der Waals surface area contributed by atoms with E-state index in [1.165, 1.54) is 11.0 Å². The minimum Gasteiger partial charge on any atom is -0.347 e. The van der Waals surface area contributed by atoms with Crippen molar-refractivity contribution in [2.24, 2.45) is 0 Å². The molecule has 0 saturated carbocycles. The second-order valence-corrected chi connectivity index (χ2v) is 8.50. The molecule has 5 nitrogen and oxygen atoms in total. The first-order valence-corrected chi connectivity index (χ1v) is 12.0. The summed E-state index contributed by atoms with van der Waals surface area (Å²) in [4.78, 5) is 32.7. The first kappa shape index (κ1) is 24.9. The predicted molar refractivity (Wildman–Crippen MR) is 144 cm³/mol. The fourth-order valence-electron chi connectivity index (χ4n) is 4.06. The zero-order chi connectivity index (χ0) is 25.3. The molecule has 0 saturated heterocycles. The third kappa shape index (κ3) is 5.88. The Balaban J connectivity index is 1.73. The second-order valence-electron chi connectivity index (χ2n) is 8.24. The fraction of sp³-hybridized carbons (Fsp3) is 0.100. The third-order valence-corrected chi connectivity index (χ3v) is 5.99. The molecule has 180 valence electrons. The topological polar surface area (TPSA) is 62.3 Å². The largest absolute Gasteiger partial charge is 0.347 e. The summed E-state index contributed by atoms with van der Waals surface area (Å²) in [6.45, 7) is 1.91. The highest BCUT2D eigenvalue weighted by molar-refractivity contribution is 6.27. The molecule has 2 atom stereocenters. The molecule has 2 amide bonds. The maximum absolute atomic E-state index is 13.7. The number of nitrogens with zero attached hydrogens (tertiary/aromatic N) is 2. The summed E-state index contributed by atoms with van der Waals surface area (Å²) >= 11 is 5.79. The molecule has 0 aliphatic heterocycles. The van der Waals surface area contributed by atoms with Gasteiger partial charge in [0.05, 0.1) is 6.04 Å². The highest BCUT2D eigenvalue weighted by atomic mass is 35.5. The lowest BCUT2D eigenvalue weighted by Crippen LogP contribution is -2.44. The molecule has 0 fully saturated rings. The van der Waals surface area contributed by atoms with E-state index in [4.69, 9.17) is 11.6 Å². The zero-order valence-corrected chi connectivity index (χ0v) is 20.5. The maximum Gasteiger partial charge on any atom is 0.252 e.